The summed E-state index contributed by atoms with van der Waals surface area (Å²) in [6.45, 7) is 8.68. The predicted octanol–water partition coefficient (Wildman–Crippen LogP) is 3.80. The summed E-state index contributed by atoms with van der Waals surface area (Å²) in [5.41, 5.74) is 1.99. The summed E-state index contributed by atoms with van der Waals surface area (Å²) < 4.78 is 0. The number of carbonyl (C=O) groups is 1. The van der Waals surface area contributed by atoms with E-state index in [9.17, 15) is 9.90 Å². The summed E-state index contributed by atoms with van der Waals surface area (Å²) in [6, 6.07) is 8.93. The van der Waals surface area contributed by atoms with Crippen molar-refractivity contribution in [1.82, 2.24) is 5.32 Å². The first kappa shape index (κ1) is 17.7. The molecule has 0 aliphatic heterocycles. The molecule has 0 bridgehead atoms. The molecule has 0 saturated heterocycles. The van der Waals surface area contributed by atoms with Gasteiger partial charge in [-0.25, -0.2) is 0 Å². The maximum absolute atomic E-state index is 11.5. The van der Waals surface area contributed by atoms with Gasteiger partial charge in [0.2, 0.25) is 0 Å². The molecule has 0 heterocycles. The van der Waals surface area contributed by atoms with Crippen LogP contribution in [0.5, 0.6) is 0 Å². The summed E-state index contributed by atoms with van der Waals surface area (Å²) in [7, 11) is 0. The molecule has 1 atom stereocenters. The Bertz CT molecular complexity index is 435. The number of rotatable bonds is 9. The fraction of sp³-hybridized carbons (Fsp3) is 0.611. The van der Waals surface area contributed by atoms with Crippen LogP contribution < -0.4 is 5.32 Å². The minimum absolute atomic E-state index is 0.322. The lowest BCUT2D eigenvalue weighted by Gasteiger charge is -2.29. The first-order chi connectivity index (χ1) is 9.93. The van der Waals surface area contributed by atoms with Gasteiger partial charge in [0, 0.05) is 12.6 Å². The molecule has 3 heteroatoms. The topological polar surface area (TPSA) is 49.3 Å². The van der Waals surface area contributed by atoms with Gasteiger partial charge in [0.05, 0.1) is 5.41 Å². The van der Waals surface area contributed by atoms with Gasteiger partial charge < -0.3 is 10.4 Å². The second kappa shape index (κ2) is 8.18. The number of carboxylic acids is 1. The first-order valence-electron chi connectivity index (χ1n) is 7.96. The number of aryl methyl sites for hydroxylation is 2. The molecule has 0 aliphatic rings. The third-order valence-corrected chi connectivity index (χ3v) is 4.58. The highest BCUT2D eigenvalue weighted by Crippen LogP contribution is 2.26. The Labute approximate surface area is 128 Å². The molecule has 2 N–H and O–H groups in total. The van der Waals surface area contributed by atoms with Gasteiger partial charge in [-0.3, -0.25) is 4.79 Å². The van der Waals surface area contributed by atoms with Gasteiger partial charge in [-0.2, -0.15) is 0 Å². The minimum Gasteiger partial charge on any atom is -0.481 e. The molecule has 1 unspecified atom stereocenters. The van der Waals surface area contributed by atoms with Crippen molar-refractivity contribution in [3.8, 4) is 0 Å². The van der Waals surface area contributed by atoms with Crippen molar-refractivity contribution >= 4 is 5.97 Å². The Morgan fingerprint density at radius 2 is 1.81 bits per heavy atom. The smallest absolute Gasteiger partial charge is 0.310 e. The maximum atomic E-state index is 11.5. The number of hydrogen-bond acceptors (Lipinski definition) is 2. The van der Waals surface area contributed by atoms with E-state index in [0.29, 0.717) is 25.4 Å². The lowest BCUT2D eigenvalue weighted by atomic mass is 9.82. The van der Waals surface area contributed by atoms with E-state index in [0.717, 1.165) is 12.8 Å². The largest absolute Gasteiger partial charge is 0.481 e. The van der Waals surface area contributed by atoms with Gasteiger partial charge >= 0.3 is 5.97 Å². The number of benzene rings is 1. The van der Waals surface area contributed by atoms with Crippen LogP contribution >= 0.6 is 0 Å². The van der Waals surface area contributed by atoms with Crippen LogP contribution in [-0.4, -0.2) is 23.7 Å². The molecule has 0 saturated carbocycles. The summed E-state index contributed by atoms with van der Waals surface area (Å²) in [6.07, 6.45) is 3.37. The van der Waals surface area contributed by atoms with Crippen LogP contribution in [0.15, 0.2) is 24.3 Å². The van der Waals surface area contributed by atoms with E-state index in [1.165, 1.54) is 11.1 Å². The summed E-state index contributed by atoms with van der Waals surface area (Å²) >= 11 is 0. The summed E-state index contributed by atoms with van der Waals surface area (Å²) in [4.78, 5) is 11.5. The van der Waals surface area contributed by atoms with Gasteiger partial charge in [0.25, 0.3) is 0 Å². The van der Waals surface area contributed by atoms with Crippen LogP contribution in [0.1, 0.15) is 51.2 Å². The van der Waals surface area contributed by atoms with Crippen molar-refractivity contribution in [3.05, 3.63) is 35.4 Å². The highest BCUT2D eigenvalue weighted by molar-refractivity contribution is 5.74. The van der Waals surface area contributed by atoms with E-state index in [-0.39, 0.29) is 0 Å². The lowest BCUT2D eigenvalue weighted by Crippen LogP contribution is -2.43. The second-order valence-corrected chi connectivity index (χ2v) is 6.10. The van der Waals surface area contributed by atoms with Crippen LogP contribution in [0.3, 0.4) is 0 Å². The zero-order valence-electron chi connectivity index (χ0n) is 13.8. The molecule has 0 aliphatic carbocycles. The van der Waals surface area contributed by atoms with Gasteiger partial charge in [0.1, 0.15) is 0 Å². The Balaban J connectivity index is 2.44. The van der Waals surface area contributed by atoms with Crippen molar-refractivity contribution in [2.75, 3.05) is 6.54 Å². The van der Waals surface area contributed by atoms with Gasteiger partial charge in [-0.05, 0) is 45.1 Å². The quantitative estimate of drug-likeness (QED) is 0.727. The number of hydrogen-bond donors (Lipinski definition) is 2. The van der Waals surface area contributed by atoms with E-state index in [1.807, 2.05) is 13.8 Å². The van der Waals surface area contributed by atoms with E-state index in [2.05, 4.69) is 43.4 Å². The molecule has 1 aromatic rings. The van der Waals surface area contributed by atoms with Gasteiger partial charge in [-0.1, -0.05) is 43.7 Å². The van der Waals surface area contributed by atoms with Crippen molar-refractivity contribution in [2.24, 2.45) is 5.41 Å². The third-order valence-electron chi connectivity index (χ3n) is 4.58. The van der Waals surface area contributed by atoms with Crippen LogP contribution in [0, 0.1) is 12.3 Å². The molecule has 118 valence electrons. The molecule has 0 spiro atoms. The highest BCUT2D eigenvalue weighted by Gasteiger charge is 2.34. The SMILES string of the molecule is CCC(CC)(CNC(C)CCc1ccc(C)cc1)C(=O)O. The average molecular weight is 291 g/mol. The van der Waals surface area contributed by atoms with Crippen LogP contribution in [-0.2, 0) is 11.2 Å². The predicted molar refractivity (Wildman–Crippen MR) is 87.6 cm³/mol. The van der Waals surface area contributed by atoms with Crippen LogP contribution in [0.25, 0.3) is 0 Å². The molecule has 3 nitrogen and oxygen atoms in total. The van der Waals surface area contributed by atoms with Gasteiger partial charge in [0.15, 0.2) is 0 Å². The van der Waals surface area contributed by atoms with Gasteiger partial charge in [-0.15, -0.1) is 0 Å². The molecule has 0 radical (unpaired) electrons. The maximum Gasteiger partial charge on any atom is 0.310 e. The fourth-order valence-corrected chi connectivity index (χ4v) is 2.49. The molecule has 0 amide bonds. The number of aliphatic carboxylic acids is 1. The highest BCUT2D eigenvalue weighted by atomic mass is 16.4. The average Bonchev–Trinajstić information content (AvgIpc) is 2.48. The molecule has 0 aromatic heterocycles. The molecule has 21 heavy (non-hydrogen) atoms. The molecule has 1 aromatic carbocycles. The zero-order valence-corrected chi connectivity index (χ0v) is 13.8. The zero-order chi connectivity index (χ0) is 15.9. The number of nitrogens with one attached hydrogen (secondary N) is 1. The first-order valence-corrected chi connectivity index (χ1v) is 7.96. The van der Waals surface area contributed by atoms with Crippen LogP contribution in [0.2, 0.25) is 0 Å². The van der Waals surface area contributed by atoms with Crippen molar-refractivity contribution in [2.45, 2.75) is 59.4 Å². The Hall–Kier alpha value is -1.35. The molecular formula is C18H29NO2. The standard InChI is InChI=1S/C18H29NO2/c1-5-18(6-2,17(20)21)13-19-15(4)9-12-16-10-7-14(3)8-11-16/h7-8,10-11,15,19H,5-6,9,12-13H2,1-4H3,(H,20,21). The Morgan fingerprint density at radius 3 is 2.29 bits per heavy atom. The third kappa shape index (κ3) is 5.16. The van der Waals surface area contributed by atoms with Crippen molar-refractivity contribution < 1.29 is 9.90 Å². The van der Waals surface area contributed by atoms with Crippen LogP contribution in [0.4, 0.5) is 0 Å². The molecule has 1 rings (SSSR count). The normalized spacial score (nSPS) is 13.1. The van der Waals surface area contributed by atoms with E-state index in [4.69, 9.17) is 0 Å². The lowest BCUT2D eigenvalue weighted by molar-refractivity contribution is -0.149. The summed E-state index contributed by atoms with van der Waals surface area (Å²) in [5, 5.41) is 12.8. The summed E-state index contributed by atoms with van der Waals surface area (Å²) in [5.74, 6) is -0.689. The molecule has 0 fully saturated rings. The fourth-order valence-electron chi connectivity index (χ4n) is 2.49. The Kier molecular flexibility index (Phi) is 6.90. The monoisotopic (exact) mass is 291 g/mol. The van der Waals surface area contributed by atoms with E-state index >= 15 is 0 Å². The molecular weight excluding hydrogens is 262 g/mol. The number of carboxylic acid groups (broad SMARTS) is 1. The van der Waals surface area contributed by atoms with Crippen molar-refractivity contribution in [1.29, 1.82) is 0 Å². The van der Waals surface area contributed by atoms with Crippen molar-refractivity contribution in [3.63, 3.8) is 0 Å². The second-order valence-electron chi connectivity index (χ2n) is 6.10. The van der Waals surface area contributed by atoms with E-state index < -0.39 is 11.4 Å². The minimum atomic E-state index is -0.689. The Morgan fingerprint density at radius 1 is 1.24 bits per heavy atom. The van der Waals surface area contributed by atoms with E-state index in [1.54, 1.807) is 0 Å².